The quantitative estimate of drug-likeness (QED) is 0.520. The predicted molar refractivity (Wildman–Crippen MR) is 71.1 cm³/mol. The third-order valence-corrected chi connectivity index (χ3v) is 2.63. The summed E-state index contributed by atoms with van der Waals surface area (Å²) in [6.07, 6.45) is 2.04. The van der Waals surface area contributed by atoms with E-state index in [1.165, 1.54) is 0 Å². The maximum absolute atomic E-state index is 11.6. The number of urea groups is 1. The van der Waals surface area contributed by atoms with E-state index < -0.39 is 23.9 Å². The van der Waals surface area contributed by atoms with Crippen molar-refractivity contribution in [3.63, 3.8) is 0 Å². The van der Waals surface area contributed by atoms with E-state index in [-0.39, 0.29) is 19.4 Å². The molecular formula is C12H18N4O5. The van der Waals surface area contributed by atoms with Crippen molar-refractivity contribution in [2.24, 2.45) is 5.73 Å². The van der Waals surface area contributed by atoms with Crippen LogP contribution in [0.4, 0.5) is 4.79 Å². The maximum atomic E-state index is 11.6. The van der Waals surface area contributed by atoms with Crippen molar-refractivity contribution in [2.75, 3.05) is 0 Å². The first kappa shape index (κ1) is 16.5. The number of nitrogens with zero attached hydrogens (tertiary/aromatic N) is 1. The van der Waals surface area contributed by atoms with Crippen LogP contribution in [0.2, 0.25) is 0 Å². The molecule has 21 heavy (non-hydrogen) atoms. The molecule has 0 aliphatic rings. The topological polar surface area (TPSA) is 148 Å². The summed E-state index contributed by atoms with van der Waals surface area (Å²) in [5, 5.41) is 13.6. The van der Waals surface area contributed by atoms with Crippen LogP contribution in [-0.4, -0.2) is 34.0 Å². The van der Waals surface area contributed by atoms with Gasteiger partial charge in [0.2, 0.25) is 11.8 Å². The Hall–Kier alpha value is -2.58. The number of carboxylic acid groups (broad SMARTS) is 1. The molecule has 0 unspecified atom stereocenters. The summed E-state index contributed by atoms with van der Waals surface area (Å²) < 4.78 is 5.28. The van der Waals surface area contributed by atoms with Crippen LogP contribution in [0.15, 0.2) is 10.6 Å². The van der Waals surface area contributed by atoms with Gasteiger partial charge in [-0.3, -0.25) is 4.79 Å². The maximum Gasteiger partial charge on any atom is 0.326 e. The Kier molecular flexibility index (Phi) is 6.18. The Morgan fingerprint density at radius 2 is 2.19 bits per heavy atom. The van der Waals surface area contributed by atoms with Crippen molar-refractivity contribution < 1.29 is 23.9 Å². The summed E-state index contributed by atoms with van der Waals surface area (Å²) in [6.45, 7) is 1.94. The van der Waals surface area contributed by atoms with E-state index in [1.54, 1.807) is 6.20 Å². The third-order valence-electron chi connectivity index (χ3n) is 2.63. The number of amides is 3. The number of hydrogen-bond acceptors (Lipinski definition) is 5. The SMILES string of the molecule is CCc1cnc(CNC(=O)N[C@@H](CCC(N)=O)C(=O)O)o1. The van der Waals surface area contributed by atoms with E-state index in [9.17, 15) is 14.4 Å². The molecule has 5 N–H and O–H groups in total. The van der Waals surface area contributed by atoms with E-state index >= 15 is 0 Å². The number of rotatable bonds is 8. The lowest BCUT2D eigenvalue weighted by atomic mass is 10.1. The summed E-state index contributed by atoms with van der Waals surface area (Å²) >= 11 is 0. The molecule has 3 amide bonds. The van der Waals surface area contributed by atoms with Gasteiger partial charge in [-0.05, 0) is 6.42 Å². The second kappa shape index (κ2) is 7.88. The smallest absolute Gasteiger partial charge is 0.326 e. The van der Waals surface area contributed by atoms with Gasteiger partial charge in [0.1, 0.15) is 11.8 Å². The monoisotopic (exact) mass is 298 g/mol. The third kappa shape index (κ3) is 5.93. The van der Waals surface area contributed by atoms with Crippen LogP contribution in [-0.2, 0) is 22.6 Å². The van der Waals surface area contributed by atoms with Crippen LogP contribution >= 0.6 is 0 Å². The highest BCUT2D eigenvalue weighted by Gasteiger charge is 2.20. The fourth-order valence-electron chi connectivity index (χ4n) is 1.50. The summed E-state index contributed by atoms with van der Waals surface area (Å²) in [6, 6.07) is -1.88. The van der Waals surface area contributed by atoms with Gasteiger partial charge in [-0.25, -0.2) is 14.6 Å². The number of nitrogens with one attached hydrogen (secondary N) is 2. The molecule has 116 valence electrons. The van der Waals surface area contributed by atoms with Crippen molar-refractivity contribution in [1.82, 2.24) is 15.6 Å². The van der Waals surface area contributed by atoms with Gasteiger partial charge >= 0.3 is 12.0 Å². The largest absolute Gasteiger partial charge is 0.480 e. The Morgan fingerprint density at radius 3 is 2.71 bits per heavy atom. The van der Waals surface area contributed by atoms with Crippen LogP contribution in [0.25, 0.3) is 0 Å². The van der Waals surface area contributed by atoms with E-state index in [2.05, 4.69) is 15.6 Å². The number of oxazole rings is 1. The number of nitrogens with two attached hydrogens (primary N) is 1. The minimum Gasteiger partial charge on any atom is -0.480 e. The predicted octanol–water partition coefficient (Wildman–Crippen LogP) is -0.245. The van der Waals surface area contributed by atoms with Gasteiger partial charge in [0.05, 0.1) is 12.7 Å². The zero-order valence-electron chi connectivity index (χ0n) is 11.6. The molecule has 0 radical (unpaired) electrons. The van der Waals surface area contributed by atoms with Gasteiger partial charge < -0.3 is 25.9 Å². The van der Waals surface area contributed by atoms with Gasteiger partial charge in [0.15, 0.2) is 0 Å². The molecule has 0 aliphatic carbocycles. The Bertz CT molecular complexity index is 514. The molecule has 0 spiro atoms. The molecule has 0 aliphatic heterocycles. The van der Waals surface area contributed by atoms with Crippen molar-refractivity contribution in [2.45, 2.75) is 38.8 Å². The number of hydrogen-bond donors (Lipinski definition) is 4. The second-order valence-corrected chi connectivity index (χ2v) is 4.30. The molecule has 0 fully saturated rings. The number of aliphatic carboxylic acids is 1. The molecule has 1 aromatic rings. The van der Waals surface area contributed by atoms with Gasteiger partial charge in [-0.15, -0.1) is 0 Å². The van der Waals surface area contributed by atoms with Gasteiger partial charge in [0, 0.05) is 12.8 Å². The Balaban J connectivity index is 2.42. The van der Waals surface area contributed by atoms with E-state index in [0.29, 0.717) is 18.1 Å². The number of aromatic nitrogens is 1. The van der Waals surface area contributed by atoms with Crippen molar-refractivity contribution in [3.8, 4) is 0 Å². The van der Waals surface area contributed by atoms with Crippen LogP contribution < -0.4 is 16.4 Å². The summed E-state index contributed by atoms with van der Waals surface area (Å²) in [5.41, 5.74) is 4.94. The lowest BCUT2D eigenvalue weighted by Gasteiger charge is -2.13. The molecule has 1 atom stereocenters. The molecular weight excluding hydrogens is 280 g/mol. The first-order chi connectivity index (χ1) is 9.92. The highest BCUT2D eigenvalue weighted by Crippen LogP contribution is 2.03. The summed E-state index contributed by atoms with van der Waals surface area (Å²) in [5.74, 6) is -0.853. The lowest BCUT2D eigenvalue weighted by molar-refractivity contribution is -0.139. The van der Waals surface area contributed by atoms with E-state index in [0.717, 1.165) is 0 Å². The average Bonchev–Trinajstić information content (AvgIpc) is 2.88. The zero-order chi connectivity index (χ0) is 15.8. The van der Waals surface area contributed by atoms with Gasteiger partial charge in [-0.1, -0.05) is 6.92 Å². The van der Waals surface area contributed by atoms with Crippen LogP contribution in [0.3, 0.4) is 0 Å². The summed E-state index contributed by atoms with van der Waals surface area (Å²) in [7, 11) is 0. The zero-order valence-corrected chi connectivity index (χ0v) is 11.6. The first-order valence-electron chi connectivity index (χ1n) is 6.41. The molecule has 0 saturated carbocycles. The molecule has 0 saturated heterocycles. The summed E-state index contributed by atoms with van der Waals surface area (Å²) in [4.78, 5) is 37.1. The highest BCUT2D eigenvalue weighted by atomic mass is 16.4. The number of carbonyl (C=O) groups is 3. The van der Waals surface area contributed by atoms with Crippen LogP contribution in [0.1, 0.15) is 31.4 Å². The highest BCUT2D eigenvalue weighted by molar-refractivity contribution is 5.83. The number of primary amides is 1. The molecule has 1 heterocycles. The average molecular weight is 298 g/mol. The number of carboxylic acids is 1. The standard InChI is InChI=1S/C12H18N4O5/c1-2-7-5-14-10(21-7)6-15-12(20)16-8(11(18)19)3-4-9(13)17/h5,8H,2-4,6H2,1H3,(H2,13,17)(H,18,19)(H2,15,16,20)/t8-/m0/s1. The Morgan fingerprint density at radius 1 is 1.48 bits per heavy atom. The molecule has 0 bridgehead atoms. The fraction of sp³-hybridized carbons (Fsp3) is 0.500. The van der Waals surface area contributed by atoms with Crippen molar-refractivity contribution >= 4 is 17.9 Å². The molecule has 9 nitrogen and oxygen atoms in total. The second-order valence-electron chi connectivity index (χ2n) is 4.30. The lowest BCUT2D eigenvalue weighted by Crippen LogP contribution is -2.46. The first-order valence-corrected chi connectivity index (χ1v) is 6.41. The van der Waals surface area contributed by atoms with Crippen molar-refractivity contribution in [3.05, 3.63) is 17.8 Å². The van der Waals surface area contributed by atoms with Gasteiger partial charge in [0.25, 0.3) is 0 Å². The minimum absolute atomic E-state index is 0.0357. The molecule has 1 rings (SSSR count). The van der Waals surface area contributed by atoms with Crippen LogP contribution in [0, 0.1) is 0 Å². The number of carbonyl (C=O) groups excluding carboxylic acids is 2. The fourth-order valence-corrected chi connectivity index (χ4v) is 1.50. The Labute approximate surface area is 120 Å². The molecule has 1 aromatic heterocycles. The van der Waals surface area contributed by atoms with Crippen molar-refractivity contribution in [1.29, 1.82) is 0 Å². The van der Waals surface area contributed by atoms with E-state index in [4.69, 9.17) is 15.3 Å². The van der Waals surface area contributed by atoms with E-state index in [1.807, 2.05) is 6.92 Å². The molecule has 9 heteroatoms. The normalized spacial score (nSPS) is 11.7. The van der Waals surface area contributed by atoms with Gasteiger partial charge in [-0.2, -0.15) is 0 Å². The molecule has 0 aromatic carbocycles. The number of aryl methyl sites for hydroxylation is 1. The van der Waals surface area contributed by atoms with Crippen LogP contribution in [0.5, 0.6) is 0 Å². The minimum atomic E-state index is -1.24.